The standard InChI is InChI=1S/C13H13N3S.C8H7F3/c1-3-10-5-6-12(9-11(10)4-1)17-16-13-14-7-2-8-15-13;1-6-3-2-4-7(5-6)8(9,10)11/h2,5-9H,1,3-4H2,(H,14,15,16);2-5H,1H3. The molecule has 28 heavy (non-hydrogen) atoms. The Bertz CT molecular complexity index is 914. The fourth-order valence-electron chi connectivity index (χ4n) is 2.89. The second-order valence-electron chi connectivity index (χ2n) is 6.43. The second kappa shape index (κ2) is 9.10. The fourth-order valence-corrected chi connectivity index (χ4v) is 3.54. The number of benzene rings is 2. The average Bonchev–Trinajstić information content (AvgIpc) is 3.15. The molecule has 1 aliphatic carbocycles. The summed E-state index contributed by atoms with van der Waals surface area (Å²) in [4.78, 5) is 9.47. The third-order valence-corrected chi connectivity index (χ3v) is 5.02. The number of fused-ring (bicyclic) bond motifs is 1. The van der Waals surface area contributed by atoms with Crippen LogP contribution in [-0.2, 0) is 19.0 Å². The molecule has 1 heterocycles. The zero-order valence-electron chi connectivity index (χ0n) is 15.3. The van der Waals surface area contributed by atoms with Crippen LogP contribution in [0.15, 0.2) is 65.8 Å². The molecule has 0 atom stereocenters. The molecule has 0 saturated heterocycles. The van der Waals surface area contributed by atoms with Crippen molar-refractivity contribution in [3.8, 4) is 0 Å². The Morgan fingerprint density at radius 3 is 2.36 bits per heavy atom. The molecule has 7 heteroatoms. The van der Waals surface area contributed by atoms with Crippen LogP contribution in [0.5, 0.6) is 0 Å². The molecule has 2 aromatic carbocycles. The van der Waals surface area contributed by atoms with Gasteiger partial charge in [-0.15, -0.1) is 0 Å². The summed E-state index contributed by atoms with van der Waals surface area (Å²) in [5, 5.41) is 0. The molecule has 3 nitrogen and oxygen atoms in total. The van der Waals surface area contributed by atoms with Crippen LogP contribution in [0.1, 0.15) is 28.7 Å². The maximum Gasteiger partial charge on any atom is 0.416 e. The van der Waals surface area contributed by atoms with Crippen LogP contribution in [0.2, 0.25) is 0 Å². The predicted octanol–water partition coefficient (Wildman–Crippen LogP) is 6.10. The van der Waals surface area contributed by atoms with Crippen LogP contribution >= 0.6 is 11.9 Å². The number of rotatable bonds is 3. The van der Waals surface area contributed by atoms with Crippen molar-refractivity contribution in [1.82, 2.24) is 9.97 Å². The highest BCUT2D eigenvalue weighted by Gasteiger charge is 2.29. The van der Waals surface area contributed by atoms with E-state index in [1.807, 2.05) is 6.07 Å². The molecule has 0 amide bonds. The molecule has 0 bridgehead atoms. The number of hydrogen-bond acceptors (Lipinski definition) is 4. The number of aryl methyl sites for hydroxylation is 3. The van der Waals surface area contributed by atoms with E-state index in [9.17, 15) is 13.2 Å². The first-order valence-electron chi connectivity index (χ1n) is 8.87. The Balaban J connectivity index is 0.000000178. The maximum atomic E-state index is 12.0. The lowest BCUT2D eigenvalue weighted by atomic mass is 10.1. The molecular weight excluding hydrogens is 383 g/mol. The van der Waals surface area contributed by atoms with E-state index in [1.54, 1.807) is 37.3 Å². The summed E-state index contributed by atoms with van der Waals surface area (Å²) in [6.07, 6.45) is 2.99. The molecule has 0 aliphatic heterocycles. The highest BCUT2D eigenvalue weighted by Crippen LogP contribution is 2.29. The molecule has 1 aliphatic rings. The largest absolute Gasteiger partial charge is 0.416 e. The minimum Gasteiger partial charge on any atom is -0.294 e. The lowest BCUT2D eigenvalue weighted by Gasteiger charge is -2.05. The van der Waals surface area contributed by atoms with Gasteiger partial charge in [-0.1, -0.05) is 29.8 Å². The molecule has 0 radical (unpaired) electrons. The van der Waals surface area contributed by atoms with Crippen molar-refractivity contribution >= 4 is 17.9 Å². The second-order valence-corrected chi connectivity index (χ2v) is 7.31. The van der Waals surface area contributed by atoms with Crippen molar-refractivity contribution in [3.63, 3.8) is 0 Å². The Kier molecular flexibility index (Phi) is 6.57. The van der Waals surface area contributed by atoms with E-state index < -0.39 is 11.7 Å². The third-order valence-electron chi connectivity index (χ3n) is 4.24. The van der Waals surface area contributed by atoms with Gasteiger partial charge in [0.05, 0.1) is 5.56 Å². The molecule has 4 rings (SSSR count). The molecule has 146 valence electrons. The first-order chi connectivity index (χ1) is 13.4. The maximum absolute atomic E-state index is 12.0. The molecule has 0 saturated carbocycles. The first-order valence-corrected chi connectivity index (χ1v) is 9.69. The van der Waals surface area contributed by atoms with Gasteiger partial charge in [-0.2, -0.15) is 13.2 Å². The van der Waals surface area contributed by atoms with Crippen LogP contribution in [0.4, 0.5) is 19.1 Å². The topological polar surface area (TPSA) is 37.8 Å². The van der Waals surface area contributed by atoms with Crippen molar-refractivity contribution in [1.29, 1.82) is 0 Å². The molecular formula is C21H20F3N3S. The van der Waals surface area contributed by atoms with Gasteiger partial charge in [0.25, 0.3) is 0 Å². The van der Waals surface area contributed by atoms with Crippen molar-refractivity contribution < 1.29 is 13.2 Å². The highest BCUT2D eigenvalue weighted by atomic mass is 32.2. The first kappa shape index (κ1) is 20.2. The Hall–Kier alpha value is -2.54. The number of nitrogens with one attached hydrogen (secondary N) is 1. The van der Waals surface area contributed by atoms with Gasteiger partial charge >= 0.3 is 6.18 Å². The van der Waals surface area contributed by atoms with Crippen LogP contribution in [-0.4, -0.2) is 9.97 Å². The van der Waals surface area contributed by atoms with E-state index in [0.717, 1.165) is 12.1 Å². The Morgan fingerprint density at radius 2 is 1.68 bits per heavy atom. The molecule has 0 spiro atoms. The summed E-state index contributed by atoms with van der Waals surface area (Å²) in [6, 6.07) is 13.7. The van der Waals surface area contributed by atoms with Gasteiger partial charge in [-0.3, -0.25) is 4.72 Å². The quantitative estimate of drug-likeness (QED) is 0.537. The van der Waals surface area contributed by atoms with Crippen LogP contribution in [0.3, 0.4) is 0 Å². The van der Waals surface area contributed by atoms with Gasteiger partial charge < -0.3 is 0 Å². The van der Waals surface area contributed by atoms with Crippen LogP contribution in [0.25, 0.3) is 0 Å². The van der Waals surface area contributed by atoms with Crippen LogP contribution < -0.4 is 4.72 Å². The molecule has 1 N–H and O–H groups in total. The summed E-state index contributed by atoms with van der Waals surface area (Å²) >= 11 is 1.56. The Morgan fingerprint density at radius 1 is 0.929 bits per heavy atom. The lowest BCUT2D eigenvalue weighted by molar-refractivity contribution is -0.137. The van der Waals surface area contributed by atoms with Crippen molar-refractivity contribution in [3.05, 3.63) is 83.2 Å². The van der Waals surface area contributed by atoms with Gasteiger partial charge in [0, 0.05) is 17.3 Å². The summed E-state index contributed by atoms with van der Waals surface area (Å²) in [5.74, 6) is 0.651. The van der Waals surface area contributed by atoms with Gasteiger partial charge in [0.15, 0.2) is 0 Å². The molecule has 0 fully saturated rings. The van der Waals surface area contributed by atoms with E-state index in [0.29, 0.717) is 11.5 Å². The van der Waals surface area contributed by atoms with Crippen molar-refractivity contribution in [2.75, 3.05) is 4.72 Å². The van der Waals surface area contributed by atoms with E-state index >= 15 is 0 Å². The van der Waals surface area contributed by atoms with E-state index in [1.165, 1.54) is 41.4 Å². The zero-order valence-corrected chi connectivity index (χ0v) is 16.1. The summed E-state index contributed by atoms with van der Waals surface area (Å²) in [5.41, 5.74) is 3.04. The van der Waals surface area contributed by atoms with E-state index in [4.69, 9.17) is 0 Å². The van der Waals surface area contributed by atoms with E-state index in [2.05, 4.69) is 32.9 Å². The van der Waals surface area contributed by atoms with Crippen molar-refractivity contribution in [2.24, 2.45) is 0 Å². The SMILES string of the molecule is Cc1cccc(C(F)(F)F)c1.c1cnc(NSc2ccc3c(c2)CCC3)nc1. The summed E-state index contributed by atoms with van der Waals surface area (Å²) in [7, 11) is 0. The molecule has 1 aromatic heterocycles. The Labute approximate surface area is 166 Å². The van der Waals surface area contributed by atoms with Gasteiger partial charge in [0.2, 0.25) is 5.95 Å². The summed E-state index contributed by atoms with van der Waals surface area (Å²) in [6.45, 7) is 1.63. The average molecular weight is 403 g/mol. The number of nitrogens with zero attached hydrogens (tertiary/aromatic N) is 2. The van der Waals surface area contributed by atoms with E-state index in [-0.39, 0.29) is 0 Å². The number of halogens is 3. The summed E-state index contributed by atoms with van der Waals surface area (Å²) < 4.78 is 39.1. The lowest BCUT2D eigenvalue weighted by Crippen LogP contribution is -2.04. The molecule has 0 unspecified atom stereocenters. The van der Waals surface area contributed by atoms with Crippen LogP contribution in [0, 0.1) is 6.92 Å². The number of hydrogen-bond donors (Lipinski definition) is 1. The predicted molar refractivity (Wildman–Crippen MR) is 106 cm³/mol. The number of anilines is 1. The van der Waals surface area contributed by atoms with Gasteiger partial charge in [-0.25, -0.2) is 9.97 Å². The minimum absolute atomic E-state index is 0.586. The van der Waals surface area contributed by atoms with Gasteiger partial charge in [-0.05, 0) is 73.5 Å². The fraction of sp³-hybridized carbons (Fsp3) is 0.238. The highest BCUT2D eigenvalue weighted by molar-refractivity contribution is 8.00. The zero-order chi connectivity index (χ0) is 20.0. The smallest absolute Gasteiger partial charge is 0.294 e. The number of alkyl halides is 3. The normalized spacial score (nSPS) is 12.7. The molecule has 3 aromatic rings. The van der Waals surface area contributed by atoms with Gasteiger partial charge in [0.1, 0.15) is 0 Å². The third kappa shape index (κ3) is 5.73. The monoisotopic (exact) mass is 403 g/mol. The minimum atomic E-state index is -4.22. The number of aromatic nitrogens is 2. The van der Waals surface area contributed by atoms with Crippen molar-refractivity contribution in [2.45, 2.75) is 37.3 Å².